The molecule has 0 fully saturated rings. The summed E-state index contributed by atoms with van der Waals surface area (Å²) in [4.78, 5) is 34.2. The molecule has 0 heterocycles. The summed E-state index contributed by atoms with van der Waals surface area (Å²) in [5.41, 5.74) is 0. The molecule has 0 saturated heterocycles. The second kappa shape index (κ2) is 9.42. The standard InChI is InChI=1S/C11H12N2O6/c1-2-17-9(14)7-8(10(15)18-5-3-12)11(16)19-6-4-13/h8H,2,5-7H2,1H3. The smallest absolute Gasteiger partial charge is 0.321 e. The first-order chi connectivity index (χ1) is 9.06. The van der Waals surface area contributed by atoms with Crippen LogP contribution >= 0.6 is 0 Å². The van der Waals surface area contributed by atoms with Crippen molar-refractivity contribution < 1.29 is 28.6 Å². The fourth-order valence-electron chi connectivity index (χ4n) is 1.06. The second-order valence-electron chi connectivity index (χ2n) is 3.09. The predicted molar refractivity (Wildman–Crippen MR) is 57.9 cm³/mol. The molecule has 0 saturated carbocycles. The maximum atomic E-state index is 11.5. The van der Waals surface area contributed by atoms with E-state index in [0.717, 1.165) is 0 Å². The third-order valence-corrected chi connectivity index (χ3v) is 1.80. The topological polar surface area (TPSA) is 126 Å². The van der Waals surface area contributed by atoms with Crippen LogP contribution in [0.1, 0.15) is 13.3 Å². The number of rotatable bonds is 7. The van der Waals surface area contributed by atoms with Crippen LogP contribution in [0.3, 0.4) is 0 Å². The van der Waals surface area contributed by atoms with Gasteiger partial charge in [-0.3, -0.25) is 14.4 Å². The van der Waals surface area contributed by atoms with Gasteiger partial charge < -0.3 is 14.2 Å². The molecule has 8 nitrogen and oxygen atoms in total. The van der Waals surface area contributed by atoms with Crippen molar-refractivity contribution in [2.45, 2.75) is 13.3 Å². The first-order valence-electron chi connectivity index (χ1n) is 5.29. The monoisotopic (exact) mass is 268 g/mol. The van der Waals surface area contributed by atoms with E-state index in [4.69, 9.17) is 10.5 Å². The fourth-order valence-corrected chi connectivity index (χ4v) is 1.06. The number of nitrogens with zero attached hydrogens (tertiary/aromatic N) is 2. The minimum Gasteiger partial charge on any atom is -0.466 e. The Labute approximate surface area is 109 Å². The lowest BCUT2D eigenvalue weighted by molar-refractivity contribution is -0.165. The quantitative estimate of drug-likeness (QED) is 0.349. The molecule has 0 atom stereocenters. The van der Waals surface area contributed by atoms with Crippen LogP contribution in [-0.4, -0.2) is 37.7 Å². The third kappa shape index (κ3) is 6.64. The van der Waals surface area contributed by atoms with E-state index in [9.17, 15) is 14.4 Å². The first kappa shape index (κ1) is 16.4. The highest BCUT2D eigenvalue weighted by Gasteiger charge is 2.32. The van der Waals surface area contributed by atoms with Crippen molar-refractivity contribution in [3.8, 4) is 12.1 Å². The van der Waals surface area contributed by atoms with Crippen LogP contribution < -0.4 is 0 Å². The Morgan fingerprint density at radius 1 is 1.00 bits per heavy atom. The van der Waals surface area contributed by atoms with Crippen LogP contribution in [-0.2, 0) is 28.6 Å². The van der Waals surface area contributed by atoms with Crippen LogP contribution in [0.5, 0.6) is 0 Å². The van der Waals surface area contributed by atoms with Crippen molar-refractivity contribution in [1.82, 2.24) is 0 Å². The molecule has 0 spiro atoms. The SMILES string of the molecule is CCOC(=O)CC(C(=O)OCC#N)C(=O)OCC#N. The molecule has 0 bridgehead atoms. The van der Waals surface area contributed by atoms with E-state index in [0.29, 0.717) is 0 Å². The molecule has 0 amide bonds. The molecule has 0 aromatic rings. The molecule has 0 aromatic carbocycles. The van der Waals surface area contributed by atoms with Crippen molar-refractivity contribution in [3.63, 3.8) is 0 Å². The average molecular weight is 268 g/mol. The number of hydrogen-bond acceptors (Lipinski definition) is 8. The molecular weight excluding hydrogens is 256 g/mol. The predicted octanol–water partition coefficient (Wildman–Crippen LogP) is -0.311. The number of hydrogen-bond donors (Lipinski definition) is 0. The van der Waals surface area contributed by atoms with Gasteiger partial charge in [0, 0.05) is 0 Å². The maximum Gasteiger partial charge on any atom is 0.321 e. The molecule has 0 radical (unpaired) electrons. The van der Waals surface area contributed by atoms with E-state index in [-0.39, 0.29) is 6.61 Å². The van der Waals surface area contributed by atoms with Gasteiger partial charge in [-0.2, -0.15) is 10.5 Å². The number of ether oxygens (including phenoxy) is 3. The Morgan fingerprint density at radius 3 is 1.84 bits per heavy atom. The van der Waals surface area contributed by atoms with Gasteiger partial charge in [0.2, 0.25) is 0 Å². The molecule has 0 aromatic heterocycles. The summed E-state index contributed by atoms with van der Waals surface area (Å²) in [6.45, 7) is 0.550. The van der Waals surface area contributed by atoms with Crippen molar-refractivity contribution >= 4 is 17.9 Å². The maximum absolute atomic E-state index is 11.5. The normalized spacial score (nSPS) is 9.05. The van der Waals surface area contributed by atoms with E-state index in [1.165, 1.54) is 0 Å². The highest BCUT2D eigenvalue weighted by Crippen LogP contribution is 2.10. The van der Waals surface area contributed by atoms with Gasteiger partial charge in [-0.15, -0.1) is 0 Å². The Morgan fingerprint density at radius 2 is 1.47 bits per heavy atom. The van der Waals surface area contributed by atoms with Gasteiger partial charge >= 0.3 is 17.9 Å². The van der Waals surface area contributed by atoms with Gasteiger partial charge in [-0.25, -0.2) is 0 Å². The minimum atomic E-state index is -1.54. The molecule has 0 aliphatic rings. The minimum absolute atomic E-state index is 0.0893. The summed E-state index contributed by atoms with van der Waals surface area (Å²) in [6.07, 6.45) is -0.567. The zero-order valence-electron chi connectivity index (χ0n) is 10.2. The summed E-state index contributed by atoms with van der Waals surface area (Å²) >= 11 is 0. The van der Waals surface area contributed by atoms with Crippen LogP contribution in [0.25, 0.3) is 0 Å². The van der Waals surface area contributed by atoms with Gasteiger partial charge in [0.25, 0.3) is 0 Å². The number of carbonyl (C=O) groups excluding carboxylic acids is 3. The van der Waals surface area contributed by atoms with Crippen molar-refractivity contribution in [2.24, 2.45) is 5.92 Å². The van der Waals surface area contributed by atoms with Gasteiger partial charge in [0.05, 0.1) is 13.0 Å². The summed E-state index contributed by atoms with van der Waals surface area (Å²) < 4.78 is 13.5. The van der Waals surface area contributed by atoms with Crippen molar-refractivity contribution in [3.05, 3.63) is 0 Å². The Kier molecular flexibility index (Phi) is 8.13. The highest BCUT2D eigenvalue weighted by atomic mass is 16.6. The lowest BCUT2D eigenvalue weighted by Crippen LogP contribution is -2.31. The summed E-state index contributed by atoms with van der Waals surface area (Å²) in [5, 5.41) is 16.5. The van der Waals surface area contributed by atoms with Gasteiger partial charge in [-0.1, -0.05) is 0 Å². The first-order valence-corrected chi connectivity index (χ1v) is 5.29. The highest BCUT2D eigenvalue weighted by molar-refractivity contribution is 5.98. The largest absolute Gasteiger partial charge is 0.466 e. The molecular formula is C11H12N2O6. The van der Waals surface area contributed by atoms with Crippen LogP contribution in [0.2, 0.25) is 0 Å². The molecule has 0 unspecified atom stereocenters. The lowest BCUT2D eigenvalue weighted by Gasteiger charge is -2.12. The third-order valence-electron chi connectivity index (χ3n) is 1.80. The zero-order chi connectivity index (χ0) is 14.7. The van der Waals surface area contributed by atoms with Crippen molar-refractivity contribution in [1.29, 1.82) is 10.5 Å². The fraction of sp³-hybridized carbons (Fsp3) is 0.545. The summed E-state index contributed by atoms with van der Waals surface area (Å²) in [6, 6.07) is 3.10. The van der Waals surface area contributed by atoms with E-state index in [1.807, 2.05) is 0 Å². The Hall–Kier alpha value is -2.61. The molecule has 102 valence electrons. The van der Waals surface area contributed by atoms with Gasteiger partial charge in [0.15, 0.2) is 19.1 Å². The number of carbonyl (C=O) groups is 3. The Bertz CT molecular complexity index is 390. The van der Waals surface area contributed by atoms with E-state index >= 15 is 0 Å². The number of nitriles is 2. The van der Waals surface area contributed by atoms with Crippen LogP contribution in [0.15, 0.2) is 0 Å². The molecule has 8 heteroatoms. The molecule has 0 aliphatic carbocycles. The molecule has 19 heavy (non-hydrogen) atoms. The molecule has 0 N–H and O–H groups in total. The second-order valence-corrected chi connectivity index (χ2v) is 3.09. The number of esters is 3. The van der Waals surface area contributed by atoms with Gasteiger partial charge in [-0.05, 0) is 6.92 Å². The average Bonchev–Trinajstić information content (AvgIpc) is 2.39. The lowest BCUT2D eigenvalue weighted by atomic mass is 10.1. The van der Waals surface area contributed by atoms with Crippen molar-refractivity contribution in [2.75, 3.05) is 19.8 Å². The summed E-state index contributed by atoms with van der Waals surface area (Å²) in [5.74, 6) is -4.47. The van der Waals surface area contributed by atoms with Crippen LogP contribution in [0, 0.1) is 28.6 Å². The van der Waals surface area contributed by atoms with E-state index in [1.54, 1.807) is 19.1 Å². The van der Waals surface area contributed by atoms with Crippen LogP contribution in [0.4, 0.5) is 0 Å². The van der Waals surface area contributed by atoms with Gasteiger partial charge in [0.1, 0.15) is 12.1 Å². The van der Waals surface area contributed by atoms with E-state index in [2.05, 4.69) is 14.2 Å². The molecule has 0 rings (SSSR count). The zero-order valence-corrected chi connectivity index (χ0v) is 10.2. The Balaban J connectivity index is 4.68. The summed E-state index contributed by atoms with van der Waals surface area (Å²) in [7, 11) is 0. The molecule has 0 aliphatic heterocycles. The van der Waals surface area contributed by atoms with E-state index < -0.39 is 43.5 Å².